The molecule has 2 rings (SSSR count). The third-order valence-electron chi connectivity index (χ3n) is 2.65. The van der Waals surface area contributed by atoms with E-state index in [4.69, 9.17) is 5.11 Å². The van der Waals surface area contributed by atoms with Crippen LogP contribution in [0.25, 0.3) is 11.1 Å². The first-order valence-electron chi connectivity index (χ1n) is 5.82. The van der Waals surface area contributed by atoms with E-state index in [9.17, 15) is 18.0 Å². The number of pyridine rings is 1. The molecule has 0 radical (unpaired) electrons. The molecule has 0 aliphatic heterocycles. The molecule has 0 bridgehead atoms. The number of nitrogens with zero attached hydrogens (tertiary/aromatic N) is 1. The van der Waals surface area contributed by atoms with Crippen LogP contribution in [-0.2, 0) is 0 Å². The molecule has 110 valence electrons. The Morgan fingerprint density at radius 1 is 1.29 bits per heavy atom. The summed E-state index contributed by atoms with van der Waals surface area (Å²) in [6, 6.07) is 6.64. The van der Waals surface area contributed by atoms with Crippen LogP contribution >= 0.6 is 0 Å². The SMILES string of the molecule is Cc1cc(-c2cccc(OC(F)(F)F)c2)c(C(=O)O)cn1. The van der Waals surface area contributed by atoms with E-state index in [-0.39, 0.29) is 11.1 Å². The lowest BCUT2D eigenvalue weighted by atomic mass is 10.0. The van der Waals surface area contributed by atoms with Gasteiger partial charge in [0.1, 0.15) is 5.75 Å². The first-order chi connectivity index (χ1) is 9.76. The predicted octanol–water partition coefficient (Wildman–Crippen LogP) is 3.65. The number of aromatic carboxylic acids is 1. The molecule has 0 saturated heterocycles. The number of carboxylic acid groups (broad SMARTS) is 1. The van der Waals surface area contributed by atoms with Gasteiger partial charge in [-0.15, -0.1) is 13.2 Å². The molecule has 0 aliphatic rings. The molecule has 21 heavy (non-hydrogen) atoms. The molecule has 4 nitrogen and oxygen atoms in total. The van der Waals surface area contributed by atoms with Gasteiger partial charge in [-0.05, 0) is 36.2 Å². The second-order valence-electron chi connectivity index (χ2n) is 4.25. The molecule has 0 atom stereocenters. The Bertz CT molecular complexity index is 683. The van der Waals surface area contributed by atoms with Crippen molar-refractivity contribution in [3.63, 3.8) is 0 Å². The summed E-state index contributed by atoms with van der Waals surface area (Å²) in [7, 11) is 0. The minimum absolute atomic E-state index is 0.0928. The summed E-state index contributed by atoms with van der Waals surface area (Å²) in [5, 5.41) is 9.12. The summed E-state index contributed by atoms with van der Waals surface area (Å²) in [4.78, 5) is 15.0. The van der Waals surface area contributed by atoms with Gasteiger partial charge in [-0.25, -0.2) is 4.79 Å². The van der Waals surface area contributed by atoms with Crippen LogP contribution in [-0.4, -0.2) is 22.4 Å². The third-order valence-corrected chi connectivity index (χ3v) is 2.65. The number of hydrogen-bond donors (Lipinski definition) is 1. The van der Waals surface area contributed by atoms with Crippen molar-refractivity contribution >= 4 is 5.97 Å². The van der Waals surface area contributed by atoms with Crippen molar-refractivity contribution in [2.45, 2.75) is 13.3 Å². The maximum Gasteiger partial charge on any atom is 0.573 e. The number of alkyl halides is 3. The largest absolute Gasteiger partial charge is 0.573 e. The minimum Gasteiger partial charge on any atom is -0.478 e. The molecule has 0 amide bonds. The number of ether oxygens (including phenoxy) is 1. The van der Waals surface area contributed by atoms with E-state index >= 15 is 0 Å². The predicted molar refractivity (Wildman–Crippen MR) is 68.1 cm³/mol. The van der Waals surface area contributed by atoms with Gasteiger partial charge in [0.05, 0.1) is 5.56 Å². The Morgan fingerprint density at radius 3 is 2.62 bits per heavy atom. The van der Waals surface area contributed by atoms with Crippen LogP contribution in [0, 0.1) is 6.92 Å². The van der Waals surface area contributed by atoms with Crippen LogP contribution in [0.1, 0.15) is 16.1 Å². The fourth-order valence-electron chi connectivity index (χ4n) is 1.83. The highest BCUT2D eigenvalue weighted by atomic mass is 19.4. The zero-order valence-corrected chi connectivity index (χ0v) is 10.8. The number of aromatic nitrogens is 1. The minimum atomic E-state index is -4.80. The molecule has 1 N–H and O–H groups in total. The lowest BCUT2D eigenvalue weighted by molar-refractivity contribution is -0.274. The monoisotopic (exact) mass is 297 g/mol. The van der Waals surface area contributed by atoms with Crippen LogP contribution < -0.4 is 4.74 Å². The summed E-state index contributed by atoms with van der Waals surface area (Å²) in [5.41, 5.74) is 1.05. The van der Waals surface area contributed by atoms with Gasteiger partial charge < -0.3 is 9.84 Å². The molecule has 0 saturated carbocycles. The Labute approximate surface area is 117 Å². The van der Waals surface area contributed by atoms with Gasteiger partial charge in [0, 0.05) is 11.9 Å². The zero-order chi connectivity index (χ0) is 15.6. The van der Waals surface area contributed by atoms with Gasteiger partial charge in [0.15, 0.2) is 0 Å². The van der Waals surface area contributed by atoms with Crippen LogP contribution in [0.3, 0.4) is 0 Å². The Balaban J connectivity index is 2.50. The molecular formula is C14H10F3NO3. The number of benzene rings is 1. The third kappa shape index (κ3) is 3.71. The van der Waals surface area contributed by atoms with E-state index in [1.54, 1.807) is 6.92 Å². The summed E-state index contributed by atoms with van der Waals surface area (Å²) in [5.74, 6) is -1.62. The number of hydrogen-bond acceptors (Lipinski definition) is 3. The second-order valence-corrected chi connectivity index (χ2v) is 4.25. The molecule has 7 heteroatoms. The van der Waals surface area contributed by atoms with Gasteiger partial charge in [0.25, 0.3) is 0 Å². The van der Waals surface area contributed by atoms with Gasteiger partial charge in [0.2, 0.25) is 0 Å². The highest BCUT2D eigenvalue weighted by Gasteiger charge is 2.31. The average molecular weight is 297 g/mol. The van der Waals surface area contributed by atoms with E-state index in [2.05, 4.69) is 9.72 Å². The lowest BCUT2D eigenvalue weighted by Gasteiger charge is -2.11. The number of carboxylic acids is 1. The maximum absolute atomic E-state index is 12.2. The number of rotatable bonds is 3. The van der Waals surface area contributed by atoms with Gasteiger partial charge in [-0.1, -0.05) is 12.1 Å². The molecule has 0 unspecified atom stereocenters. The normalized spacial score (nSPS) is 11.2. The van der Waals surface area contributed by atoms with Gasteiger partial charge in [-0.2, -0.15) is 0 Å². The molecule has 1 heterocycles. The number of aryl methyl sites for hydroxylation is 1. The van der Waals surface area contributed by atoms with Crippen molar-refractivity contribution < 1.29 is 27.8 Å². The first-order valence-corrected chi connectivity index (χ1v) is 5.82. The van der Waals surface area contributed by atoms with Crippen molar-refractivity contribution in [3.05, 3.63) is 47.8 Å². The van der Waals surface area contributed by atoms with E-state index in [1.165, 1.54) is 24.4 Å². The summed E-state index contributed by atoms with van der Waals surface area (Å²) < 4.78 is 40.5. The highest BCUT2D eigenvalue weighted by Crippen LogP contribution is 2.30. The number of carbonyl (C=O) groups is 1. The molecular weight excluding hydrogens is 287 g/mol. The highest BCUT2D eigenvalue weighted by molar-refractivity contribution is 5.95. The van der Waals surface area contributed by atoms with E-state index in [0.29, 0.717) is 11.3 Å². The van der Waals surface area contributed by atoms with Crippen molar-refractivity contribution in [2.75, 3.05) is 0 Å². The van der Waals surface area contributed by atoms with E-state index in [1.807, 2.05) is 0 Å². The van der Waals surface area contributed by atoms with Crippen molar-refractivity contribution in [3.8, 4) is 16.9 Å². The molecule has 0 aliphatic carbocycles. The second kappa shape index (κ2) is 5.43. The van der Waals surface area contributed by atoms with Gasteiger partial charge >= 0.3 is 12.3 Å². The van der Waals surface area contributed by atoms with Crippen LogP contribution in [0.2, 0.25) is 0 Å². The van der Waals surface area contributed by atoms with Crippen molar-refractivity contribution in [2.24, 2.45) is 0 Å². The molecule has 2 aromatic rings. The first kappa shape index (κ1) is 14.8. The van der Waals surface area contributed by atoms with Crippen LogP contribution in [0.5, 0.6) is 5.75 Å². The van der Waals surface area contributed by atoms with Crippen LogP contribution in [0.4, 0.5) is 13.2 Å². The molecule has 0 fully saturated rings. The van der Waals surface area contributed by atoms with Crippen molar-refractivity contribution in [1.82, 2.24) is 4.98 Å². The summed E-state index contributed by atoms with van der Waals surface area (Å²) in [6.07, 6.45) is -3.63. The molecule has 1 aromatic carbocycles. The maximum atomic E-state index is 12.2. The topological polar surface area (TPSA) is 59.4 Å². The van der Waals surface area contributed by atoms with Crippen LogP contribution in [0.15, 0.2) is 36.5 Å². The standard InChI is InChI=1S/C14H10F3NO3/c1-8-5-11(12(7-18-8)13(19)20)9-3-2-4-10(6-9)21-14(15,16)17/h2-7H,1H3,(H,19,20). The van der Waals surface area contributed by atoms with E-state index in [0.717, 1.165) is 12.1 Å². The fraction of sp³-hybridized carbons (Fsp3) is 0.143. The smallest absolute Gasteiger partial charge is 0.478 e. The Morgan fingerprint density at radius 2 is 2.00 bits per heavy atom. The van der Waals surface area contributed by atoms with Crippen molar-refractivity contribution in [1.29, 1.82) is 0 Å². The lowest BCUT2D eigenvalue weighted by Crippen LogP contribution is -2.17. The quantitative estimate of drug-likeness (QED) is 0.939. The Hall–Kier alpha value is -2.57. The molecule has 1 aromatic heterocycles. The zero-order valence-electron chi connectivity index (χ0n) is 10.8. The Kier molecular flexibility index (Phi) is 3.84. The van der Waals surface area contributed by atoms with E-state index < -0.39 is 18.1 Å². The number of halogens is 3. The average Bonchev–Trinajstić information content (AvgIpc) is 2.36. The summed E-state index contributed by atoms with van der Waals surface area (Å²) >= 11 is 0. The fourth-order valence-corrected chi connectivity index (χ4v) is 1.83. The van der Waals surface area contributed by atoms with Gasteiger partial charge in [-0.3, -0.25) is 4.98 Å². The molecule has 0 spiro atoms. The summed E-state index contributed by atoms with van der Waals surface area (Å²) in [6.45, 7) is 1.66.